The summed E-state index contributed by atoms with van der Waals surface area (Å²) < 4.78 is 11.1. The number of para-hydroxylation sites is 1. The smallest absolute Gasteiger partial charge is 0.339 e. The lowest BCUT2D eigenvalue weighted by Gasteiger charge is -2.13. The fourth-order valence-corrected chi connectivity index (χ4v) is 2.90. The Labute approximate surface area is 161 Å². The van der Waals surface area contributed by atoms with Crippen LogP contribution in [0.3, 0.4) is 0 Å². The first-order valence-electron chi connectivity index (χ1n) is 8.35. The highest BCUT2D eigenvalue weighted by atomic mass is 79.9. The Balaban J connectivity index is 2.01. The van der Waals surface area contributed by atoms with Crippen LogP contribution in [0.5, 0.6) is 5.75 Å². The Morgan fingerprint density at radius 3 is 2.58 bits per heavy atom. The van der Waals surface area contributed by atoms with Gasteiger partial charge in [-0.1, -0.05) is 32.0 Å². The number of halogens is 1. The van der Waals surface area contributed by atoms with Gasteiger partial charge in [0.2, 0.25) is 0 Å². The Hall–Kier alpha value is -2.34. The lowest BCUT2D eigenvalue weighted by atomic mass is 9.99. The summed E-state index contributed by atoms with van der Waals surface area (Å²) in [7, 11) is 1.30. The molecule has 0 radical (unpaired) electrons. The second kappa shape index (κ2) is 9.38. The average molecular weight is 420 g/mol. The number of carbonyl (C=O) groups excluding carboxylic acids is 2. The summed E-state index contributed by atoms with van der Waals surface area (Å²) in [5, 5.41) is 2.67. The van der Waals surface area contributed by atoms with E-state index in [-0.39, 0.29) is 12.5 Å². The van der Waals surface area contributed by atoms with E-state index in [9.17, 15) is 9.59 Å². The molecule has 0 aliphatic carbocycles. The molecule has 0 fully saturated rings. The molecular formula is C20H22BrNO4. The SMILES string of the molecule is CCC(C)c1ccc(OCC(=O)Nc2ccccc2C(=O)OC)c(Br)c1. The number of hydrogen-bond donors (Lipinski definition) is 1. The van der Waals surface area contributed by atoms with Crippen LogP contribution in [-0.2, 0) is 9.53 Å². The molecule has 0 saturated heterocycles. The Bertz CT molecular complexity index is 791. The maximum Gasteiger partial charge on any atom is 0.339 e. The van der Waals surface area contributed by atoms with Crippen LogP contribution in [0.2, 0.25) is 0 Å². The van der Waals surface area contributed by atoms with Gasteiger partial charge in [0.1, 0.15) is 5.75 Å². The summed E-state index contributed by atoms with van der Waals surface area (Å²) in [6, 6.07) is 12.5. The predicted molar refractivity (Wildman–Crippen MR) is 105 cm³/mol. The van der Waals surface area contributed by atoms with Gasteiger partial charge >= 0.3 is 5.97 Å². The van der Waals surface area contributed by atoms with Gasteiger partial charge < -0.3 is 14.8 Å². The van der Waals surface area contributed by atoms with Gasteiger partial charge in [-0.3, -0.25) is 4.79 Å². The molecule has 1 atom stereocenters. The number of nitrogens with one attached hydrogen (secondary N) is 1. The zero-order valence-corrected chi connectivity index (χ0v) is 16.6. The van der Waals surface area contributed by atoms with E-state index in [1.165, 1.54) is 12.7 Å². The van der Waals surface area contributed by atoms with Crippen molar-refractivity contribution >= 4 is 33.5 Å². The largest absolute Gasteiger partial charge is 0.483 e. The molecule has 0 bridgehead atoms. The first-order chi connectivity index (χ1) is 12.5. The van der Waals surface area contributed by atoms with E-state index < -0.39 is 5.97 Å². The molecule has 2 aromatic rings. The van der Waals surface area contributed by atoms with Crippen LogP contribution in [0.4, 0.5) is 5.69 Å². The van der Waals surface area contributed by atoms with E-state index in [1.54, 1.807) is 24.3 Å². The predicted octanol–water partition coefficient (Wildman–Crippen LogP) is 4.77. The average Bonchev–Trinajstić information content (AvgIpc) is 2.66. The second-order valence-electron chi connectivity index (χ2n) is 5.87. The number of esters is 1. The molecule has 0 aromatic heterocycles. The molecule has 5 nitrogen and oxygen atoms in total. The van der Waals surface area contributed by atoms with Crippen molar-refractivity contribution in [1.82, 2.24) is 0 Å². The number of anilines is 1. The van der Waals surface area contributed by atoms with Crippen LogP contribution in [0.25, 0.3) is 0 Å². The van der Waals surface area contributed by atoms with E-state index in [4.69, 9.17) is 9.47 Å². The summed E-state index contributed by atoms with van der Waals surface area (Å²) in [4.78, 5) is 23.9. The first kappa shape index (κ1) is 20.0. The zero-order chi connectivity index (χ0) is 19.1. The third-order valence-corrected chi connectivity index (χ3v) is 4.72. The van der Waals surface area contributed by atoms with Gasteiger partial charge in [0, 0.05) is 0 Å². The van der Waals surface area contributed by atoms with Crippen LogP contribution in [0.1, 0.15) is 42.1 Å². The molecular weight excluding hydrogens is 398 g/mol. The van der Waals surface area contributed by atoms with Crippen molar-refractivity contribution in [1.29, 1.82) is 0 Å². The number of carbonyl (C=O) groups is 2. The molecule has 0 heterocycles. The second-order valence-corrected chi connectivity index (χ2v) is 6.73. The molecule has 0 aliphatic heterocycles. The molecule has 26 heavy (non-hydrogen) atoms. The quantitative estimate of drug-likeness (QED) is 0.656. The van der Waals surface area contributed by atoms with Gasteiger partial charge in [-0.25, -0.2) is 4.79 Å². The number of methoxy groups -OCH3 is 1. The minimum atomic E-state index is -0.509. The van der Waals surface area contributed by atoms with E-state index in [0.29, 0.717) is 22.9 Å². The molecule has 0 spiro atoms. The first-order valence-corrected chi connectivity index (χ1v) is 9.15. The van der Waals surface area contributed by atoms with Crippen molar-refractivity contribution in [2.24, 2.45) is 0 Å². The molecule has 6 heteroatoms. The van der Waals surface area contributed by atoms with E-state index in [0.717, 1.165) is 10.9 Å². The van der Waals surface area contributed by atoms with E-state index in [2.05, 4.69) is 35.1 Å². The van der Waals surface area contributed by atoms with Gasteiger partial charge in [-0.05, 0) is 58.1 Å². The van der Waals surface area contributed by atoms with Gasteiger partial charge in [-0.15, -0.1) is 0 Å². The highest BCUT2D eigenvalue weighted by Gasteiger charge is 2.14. The standard InChI is InChI=1S/C20H22BrNO4/c1-4-13(2)14-9-10-18(16(21)11-14)26-12-19(23)22-17-8-6-5-7-15(17)20(24)25-3/h5-11,13H,4,12H2,1-3H3,(H,22,23). The summed E-state index contributed by atoms with van der Waals surface area (Å²) in [6.07, 6.45) is 1.05. The number of benzene rings is 2. The van der Waals surface area contributed by atoms with Gasteiger partial charge in [-0.2, -0.15) is 0 Å². The Morgan fingerprint density at radius 2 is 1.92 bits per heavy atom. The van der Waals surface area contributed by atoms with Crippen molar-refractivity contribution in [3.05, 3.63) is 58.1 Å². The van der Waals surface area contributed by atoms with Crippen LogP contribution in [0.15, 0.2) is 46.9 Å². The summed E-state index contributed by atoms with van der Waals surface area (Å²) in [6.45, 7) is 4.13. The minimum Gasteiger partial charge on any atom is -0.483 e. The van der Waals surface area contributed by atoms with Crippen molar-refractivity contribution in [3.8, 4) is 5.75 Å². The number of amides is 1. The minimum absolute atomic E-state index is 0.170. The topological polar surface area (TPSA) is 64.6 Å². The maximum atomic E-state index is 12.2. The van der Waals surface area contributed by atoms with E-state index in [1.807, 2.05) is 18.2 Å². The van der Waals surface area contributed by atoms with Crippen LogP contribution in [-0.4, -0.2) is 25.6 Å². The summed E-state index contributed by atoms with van der Waals surface area (Å²) >= 11 is 3.48. The third kappa shape index (κ3) is 5.08. The number of rotatable bonds is 7. The van der Waals surface area contributed by atoms with Crippen molar-refractivity contribution in [2.75, 3.05) is 19.0 Å². The monoisotopic (exact) mass is 419 g/mol. The molecule has 2 aromatic carbocycles. The Kier molecular flexibility index (Phi) is 7.21. The fourth-order valence-electron chi connectivity index (χ4n) is 2.39. The van der Waals surface area contributed by atoms with Crippen molar-refractivity contribution in [3.63, 3.8) is 0 Å². The molecule has 138 valence electrons. The molecule has 1 N–H and O–H groups in total. The van der Waals surface area contributed by atoms with Gasteiger partial charge in [0.05, 0.1) is 22.8 Å². The highest BCUT2D eigenvalue weighted by molar-refractivity contribution is 9.10. The summed E-state index contributed by atoms with van der Waals surface area (Å²) in [5.41, 5.74) is 1.89. The normalized spacial score (nSPS) is 11.5. The molecule has 1 unspecified atom stereocenters. The summed E-state index contributed by atoms with van der Waals surface area (Å²) in [5.74, 6) is 0.177. The van der Waals surface area contributed by atoms with Crippen LogP contribution < -0.4 is 10.1 Å². The maximum absolute atomic E-state index is 12.2. The highest BCUT2D eigenvalue weighted by Crippen LogP contribution is 2.30. The van der Waals surface area contributed by atoms with Gasteiger partial charge in [0.15, 0.2) is 6.61 Å². The van der Waals surface area contributed by atoms with Crippen LogP contribution >= 0.6 is 15.9 Å². The lowest BCUT2D eigenvalue weighted by molar-refractivity contribution is -0.118. The number of hydrogen-bond acceptors (Lipinski definition) is 4. The van der Waals surface area contributed by atoms with Crippen molar-refractivity contribution < 1.29 is 19.1 Å². The molecule has 1 amide bonds. The lowest BCUT2D eigenvalue weighted by Crippen LogP contribution is -2.21. The van der Waals surface area contributed by atoms with Gasteiger partial charge in [0.25, 0.3) is 5.91 Å². The molecule has 0 aliphatic rings. The fraction of sp³-hybridized carbons (Fsp3) is 0.300. The Morgan fingerprint density at radius 1 is 1.19 bits per heavy atom. The molecule has 2 rings (SSSR count). The zero-order valence-electron chi connectivity index (χ0n) is 15.0. The molecule has 0 saturated carbocycles. The third-order valence-electron chi connectivity index (χ3n) is 4.10. The van der Waals surface area contributed by atoms with Crippen molar-refractivity contribution in [2.45, 2.75) is 26.2 Å². The van der Waals surface area contributed by atoms with Crippen LogP contribution in [0, 0.1) is 0 Å². The van der Waals surface area contributed by atoms with E-state index >= 15 is 0 Å². The number of ether oxygens (including phenoxy) is 2.